The number of hydrogen-bond acceptors (Lipinski definition) is 1. The molecule has 0 amide bonds. The molecule has 1 N–H and O–H groups in total. The van der Waals surface area contributed by atoms with Crippen molar-refractivity contribution in [2.45, 2.75) is 72.1 Å². The van der Waals surface area contributed by atoms with Crippen LogP contribution in [-0.4, -0.2) is 11.7 Å². The average Bonchev–Trinajstić information content (AvgIpc) is 2.24. The van der Waals surface area contributed by atoms with Gasteiger partial charge >= 0.3 is 0 Å². The van der Waals surface area contributed by atoms with E-state index in [2.05, 4.69) is 27.2 Å². The van der Waals surface area contributed by atoms with Gasteiger partial charge in [0.05, 0.1) is 0 Å². The summed E-state index contributed by atoms with van der Waals surface area (Å²) in [6, 6.07) is 0. The molecule has 0 rings (SSSR count). The molecule has 0 fully saturated rings. The monoisotopic (exact) mass is 201 g/mol. The van der Waals surface area contributed by atoms with Gasteiger partial charge in [-0.2, -0.15) is 0 Å². The molecular weight excluding hydrogens is 172 g/mol. The third-order valence-corrected chi connectivity index (χ3v) is 2.17. The maximum absolute atomic E-state index is 8.47. The molecule has 0 bridgehead atoms. The Morgan fingerprint density at radius 1 is 0.857 bits per heavy atom. The van der Waals surface area contributed by atoms with Gasteiger partial charge in [0.2, 0.25) is 0 Å². The van der Waals surface area contributed by atoms with Crippen LogP contribution in [0.5, 0.6) is 0 Å². The van der Waals surface area contributed by atoms with Gasteiger partial charge in [-0.25, -0.2) is 0 Å². The molecule has 0 spiro atoms. The van der Waals surface area contributed by atoms with Gasteiger partial charge in [-0.05, 0) is 12.8 Å². The molecule has 14 heavy (non-hydrogen) atoms. The van der Waals surface area contributed by atoms with Crippen LogP contribution in [0.3, 0.4) is 0 Å². The largest absolute Gasteiger partial charge is 0.396 e. The molecule has 0 heterocycles. The molecule has 0 saturated heterocycles. The Balaban J connectivity index is 0. The molecule has 1 heteroatoms. The van der Waals surface area contributed by atoms with E-state index in [4.69, 9.17) is 5.11 Å². The molecule has 0 aliphatic carbocycles. The van der Waals surface area contributed by atoms with Crippen molar-refractivity contribution in [2.24, 2.45) is 0 Å². The second-order valence-electron chi connectivity index (χ2n) is 3.66. The molecule has 0 aromatic carbocycles. The summed E-state index contributed by atoms with van der Waals surface area (Å²) in [7, 11) is 0. The van der Waals surface area contributed by atoms with Crippen LogP contribution in [0.4, 0.5) is 0 Å². The predicted octanol–water partition coefficient (Wildman–Crippen LogP) is 4.35. The van der Waals surface area contributed by atoms with E-state index in [0.717, 1.165) is 6.42 Å². The summed E-state index contributed by atoms with van der Waals surface area (Å²) in [5.74, 6) is 0. The second-order valence-corrected chi connectivity index (χ2v) is 3.66. The minimum absolute atomic E-state index is 0.369. The Hall–Kier alpha value is -0.0400. The number of rotatable bonds is 8. The zero-order chi connectivity index (χ0) is 11.1. The lowest BCUT2D eigenvalue weighted by Crippen LogP contribution is -1.83. The highest BCUT2D eigenvalue weighted by molar-refractivity contribution is 4.45. The highest BCUT2D eigenvalue weighted by atomic mass is 16.2. The van der Waals surface area contributed by atoms with Crippen LogP contribution in [-0.2, 0) is 0 Å². The number of unbranched alkanes of at least 4 members (excludes halogenated alkanes) is 7. The van der Waals surface area contributed by atoms with Crippen LogP contribution in [0.1, 0.15) is 72.1 Å². The number of aliphatic hydroxyl groups is 1. The molecule has 0 atom stereocenters. The molecule has 0 unspecified atom stereocenters. The molecule has 0 aromatic heterocycles. The number of aliphatic hydroxyl groups excluding tert-OH is 1. The first kappa shape index (κ1) is 16.4. The van der Waals surface area contributed by atoms with Gasteiger partial charge in [0, 0.05) is 6.61 Å². The van der Waals surface area contributed by atoms with E-state index in [1.807, 2.05) is 0 Å². The van der Waals surface area contributed by atoms with Crippen molar-refractivity contribution >= 4 is 0 Å². The van der Waals surface area contributed by atoms with Gasteiger partial charge in [-0.15, -0.1) is 0 Å². The van der Waals surface area contributed by atoms with E-state index >= 15 is 0 Å². The fourth-order valence-electron chi connectivity index (χ4n) is 1.07. The van der Waals surface area contributed by atoms with Crippen molar-refractivity contribution in [1.82, 2.24) is 0 Å². The van der Waals surface area contributed by atoms with E-state index < -0.39 is 0 Å². The van der Waals surface area contributed by atoms with Crippen molar-refractivity contribution in [1.29, 1.82) is 0 Å². The zero-order valence-corrected chi connectivity index (χ0v) is 10.4. The summed E-state index contributed by atoms with van der Waals surface area (Å²) in [5.41, 5.74) is 0. The first-order chi connectivity index (χ1) is 6.83. The van der Waals surface area contributed by atoms with Crippen molar-refractivity contribution in [2.75, 3.05) is 6.61 Å². The van der Waals surface area contributed by atoms with E-state index in [1.54, 1.807) is 0 Å². The third kappa shape index (κ3) is 22.7. The molecular formula is C13H29O. The van der Waals surface area contributed by atoms with Crippen LogP contribution >= 0.6 is 0 Å². The fraction of sp³-hybridized carbons (Fsp3) is 0.923. The number of hydrogen-bond donors (Lipinski definition) is 1. The Kier molecular flexibility index (Phi) is 21.9. The molecule has 1 radical (unpaired) electrons. The summed E-state index contributed by atoms with van der Waals surface area (Å²) < 4.78 is 0. The Labute approximate surface area is 90.9 Å². The van der Waals surface area contributed by atoms with Gasteiger partial charge in [0.25, 0.3) is 0 Å². The van der Waals surface area contributed by atoms with Crippen LogP contribution < -0.4 is 0 Å². The van der Waals surface area contributed by atoms with Gasteiger partial charge in [-0.3, -0.25) is 0 Å². The first-order valence-corrected chi connectivity index (χ1v) is 6.22. The zero-order valence-electron chi connectivity index (χ0n) is 10.4. The van der Waals surface area contributed by atoms with Crippen molar-refractivity contribution in [3.8, 4) is 0 Å². The highest BCUT2D eigenvalue weighted by Crippen LogP contribution is 2.05. The normalized spacial score (nSPS) is 9.43. The summed E-state index contributed by atoms with van der Waals surface area (Å²) in [5, 5.41) is 8.47. The van der Waals surface area contributed by atoms with E-state index in [9.17, 15) is 0 Å². The van der Waals surface area contributed by atoms with E-state index in [0.29, 0.717) is 6.61 Å². The quantitative estimate of drug-likeness (QED) is 0.579. The summed E-state index contributed by atoms with van der Waals surface area (Å²) >= 11 is 0. The second kappa shape index (κ2) is 18.7. The van der Waals surface area contributed by atoms with Crippen LogP contribution in [0.25, 0.3) is 0 Å². The summed E-state index contributed by atoms with van der Waals surface area (Å²) in [4.78, 5) is 0. The summed E-state index contributed by atoms with van der Waals surface area (Å²) in [6.07, 6.45) is 12.3. The SMILES string of the molecule is CCCCCCCCCO.C[CH]CC. The minimum atomic E-state index is 0.369. The van der Waals surface area contributed by atoms with E-state index in [-0.39, 0.29) is 0 Å². The van der Waals surface area contributed by atoms with Crippen molar-refractivity contribution in [3.05, 3.63) is 6.42 Å². The third-order valence-electron chi connectivity index (χ3n) is 2.17. The first-order valence-electron chi connectivity index (χ1n) is 6.22. The molecule has 0 saturated carbocycles. The standard InChI is InChI=1S/C9H20O.C4H9/c1-2-3-4-5-6-7-8-9-10;1-3-4-2/h10H,2-9H2,1H3;3H,4H2,1-2H3. The average molecular weight is 201 g/mol. The van der Waals surface area contributed by atoms with Crippen molar-refractivity contribution < 1.29 is 5.11 Å². The van der Waals surface area contributed by atoms with Gasteiger partial charge < -0.3 is 5.11 Å². The molecule has 87 valence electrons. The Bertz CT molecular complexity index is 61.6. The molecule has 0 aliphatic rings. The lowest BCUT2D eigenvalue weighted by atomic mass is 10.1. The lowest BCUT2D eigenvalue weighted by Gasteiger charge is -1.97. The topological polar surface area (TPSA) is 20.2 Å². The van der Waals surface area contributed by atoms with Crippen LogP contribution in [0, 0.1) is 6.42 Å². The minimum Gasteiger partial charge on any atom is -0.396 e. The Morgan fingerprint density at radius 3 is 1.64 bits per heavy atom. The predicted molar refractivity (Wildman–Crippen MR) is 65.3 cm³/mol. The summed E-state index contributed by atoms with van der Waals surface area (Å²) in [6.45, 7) is 6.78. The molecule has 1 nitrogen and oxygen atoms in total. The van der Waals surface area contributed by atoms with Crippen LogP contribution in [0.15, 0.2) is 0 Å². The maximum atomic E-state index is 8.47. The van der Waals surface area contributed by atoms with Crippen molar-refractivity contribution in [3.63, 3.8) is 0 Å². The van der Waals surface area contributed by atoms with Gasteiger partial charge in [-0.1, -0.05) is 65.7 Å². The fourth-order valence-corrected chi connectivity index (χ4v) is 1.07. The van der Waals surface area contributed by atoms with Crippen LogP contribution in [0.2, 0.25) is 0 Å². The smallest absolute Gasteiger partial charge is 0.0431 e. The molecule has 0 aromatic rings. The van der Waals surface area contributed by atoms with E-state index in [1.165, 1.54) is 44.9 Å². The highest BCUT2D eigenvalue weighted by Gasteiger charge is 1.88. The Morgan fingerprint density at radius 2 is 1.29 bits per heavy atom. The maximum Gasteiger partial charge on any atom is 0.0431 e. The molecule has 0 aliphatic heterocycles. The van der Waals surface area contributed by atoms with Gasteiger partial charge in [0.1, 0.15) is 0 Å². The van der Waals surface area contributed by atoms with Gasteiger partial charge in [0.15, 0.2) is 0 Å². The lowest BCUT2D eigenvalue weighted by molar-refractivity contribution is 0.282.